The van der Waals surface area contributed by atoms with Crippen molar-refractivity contribution in [3.63, 3.8) is 0 Å². The van der Waals surface area contributed by atoms with E-state index < -0.39 is 18.1 Å². The lowest BCUT2D eigenvalue weighted by Crippen LogP contribution is -2.42. The van der Waals surface area contributed by atoms with Gasteiger partial charge in [0.2, 0.25) is 0 Å². The van der Waals surface area contributed by atoms with Crippen LogP contribution in [0, 0.1) is 0 Å². The zero-order valence-electron chi connectivity index (χ0n) is 10.4. The van der Waals surface area contributed by atoms with Crippen LogP contribution in [-0.2, 0) is 16.1 Å². The van der Waals surface area contributed by atoms with Gasteiger partial charge in [-0.25, -0.2) is 9.59 Å². The van der Waals surface area contributed by atoms with Crippen LogP contribution >= 0.6 is 15.9 Å². The predicted octanol–water partition coefficient (Wildman–Crippen LogP) is 1.35. The first-order valence-electron chi connectivity index (χ1n) is 5.54. The second kappa shape index (κ2) is 7.75. The van der Waals surface area contributed by atoms with Crippen LogP contribution in [0.2, 0.25) is 0 Å². The summed E-state index contributed by atoms with van der Waals surface area (Å²) in [4.78, 5) is 22.1. The van der Waals surface area contributed by atoms with Gasteiger partial charge < -0.3 is 20.5 Å². The molecule has 3 N–H and O–H groups in total. The minimum absolute atomic E-state index is 0.0853. The lowest BCUT2D eigenvalue weighted by Gasteiger charge is -2.12. The van der Waals surface area contributed by atoms with E-state index >= 15 is 0 Å². The topological polar surface area (TPSA) is 87.7 Å². The average molecular weight is 331 g/mol. The number of halogens is 1. The average Bonchev–Trinajstić information content (AvgIpc) is 2.38. The molecule has 2 amide bonds. The maximum absolute atomic E-state index is 11.4. The van der Waals surface area contributed by atoms with Crippen molar-refractivity contribution in [3.8, 4) is 0 Å². The number of aliphatic carboxylic acids is 1. The number of benzene rings is 1. The molecule has 1 aromatic rings. The molecule has 1 atom stereocenters. The Morgan fingerprint density at radius 2 is 1.95 bits per heavy atom. The molecule has 6 nitrogen and oxygen atoms in total. The molecule has 0 fully saturated rings. The van der Waals surface area contributed by atoms with E-state index in [0.717, 1.165) is 10.0 Å². The van der Waals surface area contributed by atoms with Gasteiger partial charge in [-0.3, -0.25) is 0 Å². The summed E-state index contributed by atoms with van der Waals surface area (Å²) < 4.78 is 5.65. The Kier molecular flexibility index (Phi) is 6.31. The molecule has 1 rings (SSSR count). The van der Waals surface area contributed by atoms with E-state index in [1.165, 1.54) is 7.11 Å². The predicted molar refractivity (Wildman–Crippen MR) is 72.8 cm³/mol. The number of carboxylic acid groups (broad SMARTS) is 1. The fourth-order valence-electron chi connectivity index (χ4n) is 1.30. The Morgan fingerprint density at radius 1 is 1.32 bits per heavy atom. The van der Waals surface area contributed by atoms with Crippen molar-refractivity contribution in [1.29, 1.82) is 0 Å². The molecule has 19 heavy (non-hydrogen) atoms. The Balaban J connectivity index is 2.31. The summed E-state index contributed by atoms with van der Waals surface area (Å²) in [5, 5.41) is 13.8. The van der Waals surface area contributed by atoms with Gasteiger partial charge in [-0.15, -0.1) is 0 Å². The van der Waals surface area contributed by atoms with Gasteiger partial charge >= 0.3 is 12.0 Å². The normalized spacial score (nSPS) is 11.7. The summed E-state index contributed by atoms with van der Waals surface area (Å²) >= 11 is 3.32. The van der Waals surface area contributed by atoms with Crippen molar-refractivity contribution in [2.75, 3.05) is 13.7 Å². The Morgan fingerprint density at radius 3 is 2.47 bits per heavy atom. The molecule has 0 saturated carbocycles. The van der Waals surface area contributed by atoms with Crippen molar-refractivity contribution in [3.05, 3.63) is 34.3 Å². The van der Waals surface area contributed by atoms with Crippen molar-refractivity contribution in [2.24, 2.45) is 0 Å². The molecule has 0 spiro atoms. The SMILES string of the molecule is COC(CNC(=O)NCc1ccc(Br)cc1)C(=O)O. The second-order valence-corrected chi connectivity index (χ2v) is 4.67. The maximum Gasteiger partial charge on any atom is 0.334 e. The highest BCUT2D eigenvalue weighted by Crippen LogP contribution is 2.10. The number of rotatable bonds is 6. The number of nitrogens with one attached hydrogen (secondary N) is 2. The molecular formula is C12H15BrN2O4. The summed E-state index contributed by atoms with van der Waals surface area (Å²) in [7, 11) is 1.28. The van der Waals surface area contributed by atoms with Gasteiger partial charge in [-0.05, 0) is 17.7 Å². The Bertz CT molecular complexity index is 436. The third kappa shape index (κ3) is 5.71. The summed E-state index contributed by atoms with van der Waals surface area (Å²) in [5.41, 5.74) is 0.944. The first kappa shape index (κ1) is 15.5. The van der Waals surface area contributed by atoms with Crippen molar-refractivity contribution in [1.82, 2.24) is 10.6 Å². The van der Waals surface area contributed by atoms with E-state index in [2.05, 4.69) is 26.6 Å². The monoisotopic (exact) mass is 330 g/mol. The quantitative estimate of drug-likeness (QED) is 0.734. The first-order chi connectivity index (χ1) is 9.02. The third-order valence-electron chi connectivity index (χ3n) is 2.37. The number of carboxylic acids is 1. The standard InChI is InChI=1S/C12H15BrN2O4/c1-19-10(11(16)17)7-15-12(18)14-6-8-2-4-9(13)5-3-8/h2-5,10H,6-7H2,1H3,(H,16,17)(H2,14,15,18). The van der Waals surface area contributed by atoms with Gasteiger partial charge in [0, 0.05) is 18.1 Å². The van der Waals surface area contributed by atoms with Crippen molar-refractivity contribution in [2.45, 2.75) is 12.6 Å². The molecular weight excluding hydrogens is 316 g/mol. The molecule has 0 aromatic heterocycles. The van der Waals surface area contributed by atoms with Gasteiger partial charge in [-0.2, -0.15) is 0 Å². The van der Waals surface area contributed by atoms with Crippen LogP contribution in [0.1, 0.15) is 5.56 Å². The van der Waals surface area contributed by atoms with Crippen molar-refractivity contribution >= 4 is 27.9 Å². The largest absolute Gasteiger partial charge is 0.479 e. The minimum atomic E-state index is -1.12. The van der Waals surface area contributed by atoms with Gasteiger partial charge in [0.15, 0.2) is 6.10 Å². The smallest absolute Gasteiger partial charge is 0.334 e. The molecule has 0 radical (unpaired) electrons. The molecule has 0 heterocycles. The highest BCUT2D eigenvalue weighted by atomic mass is 79.9. The van der Waals surface area contributed by atoms with E-state index in [0.29, 0.717) is 6.54 Å². The van der Waals surface area contributed by atoms with Gasteiger partial charge in [0.25, 0.3) is 0 Å². The van der Waals surface area contributed by atoms with Gasteiger partial charge in [0.05, 0.1) is 6.54 Å². The van der Waals surface area contributed by atoms with Gasteiger partial charge in [-0.1, -0.05) is 28.1 Å². The van der Waals surface area contributed by atoms with E-state index in [-0.39, 0.29) is 6.54 Å². The highest BCUT2D eigenvalue weighted by molar-refractivity contribution is 9.10. The van der Waals surface area contributed by atoms with Crippen LogP contribution in [0.4, 0.5) is 4.79 Å². The third-order valence-corrected chi connectivity index (χ3v) is 2.90. The number of carbonyl (C=O) groups is 2. The van der Waals surface area contributed by atoms with Crippen LogP contribution in [0.15, 0.2) is 28.7 Å². The number of amides is 2. The molecule has 7 heteroatoms. The fourth-order valence-corrected chi connectivity index (χ4v) is 1.57. The number of urea groups is 1. The Hall–Kier alpha value is -1.60. The van der Waals surface area contributed by atoms with Crippen LogP contribution in [0.5, 0.6) is 0 Å². The molecule has 1 unspecified atom stereocenters. The van der Waals surface area contributed by atoms with Crippen LogP contribution < -0.4 is 10.6 Å². The summed E-state index contributed by atoms with van der Waals surface area (Å²) in [5.74, 6) is -1.12. The summed E-state index contributed by atoms with van der Waals surface area (Å²) in [6, 6.07) is 7.06. The number of hydrogen-bond acceptors (Lipinski definition) is 3. The second-order valence-electron chi connectivity index (χ2n) is 3.75. The highest BCUT2D eigenvalue weighted by Gasteiger charge is 2.16. The van der Waals surface area contributed by atoms with E-state index in [4.69, 9.17) is 9.84 Å². The minimum Gasteiger partial charge on any atom is -0.479 e. The lowest BCUT2D eigenvalue weighted by molar-refractivity contribution is -0.147. The summed E-state index contributed by atoms with van der Waals surface area (Å²) in [6.45, 7) is 0.280. The first-order valence-corrected chi connectivity index (χ1v) is 6.34. The maximum atomic E-state index is 11.4. The zero-order valence-corrected chi connectivity index (χ0v) is 11.9. The van der Waals surface area contributed by atoms with Crippen LogP contribution in [-0.4, -0.2) is 36.9 Å². The number of ether oxygens (including phenoxy) is 1. The molecule has 0 saturated heterocycles. The van der Waals surface area contributed by atoms with Gasteiger partial charge in [0.1, 0.15) is 0 Å². The molecule has 0 aliphatic rings. The molecule has 0 aliphatic heterocycles. The Labute approximate surface area is 119 Å². The zero-order chi connectivity index (χ0) is 14.3. The lowest BCUT2D eigenvalue weighted by atomic mass is 10.2. The molecule has 104 valence electrons. The molecule has 0 aliphatic carbocycles. The van der Waals surface area contributed by atoms with Crippen LogP contribution in [0.25, 0.3) is 0 Å². The number of methoxy groups -OCH3 is 1. The van der Waals surface area contributed by atoms with E-state index in [1.54, 1.807) is 0 Å². The van der Waals surface area contributed by atoms with Crippen molar-refractivity contribution < 1.29 is 19.4 Å². The molecule has 0 bridgehead atoms. The fraction of sp³-hybridized carbons (Fsp3) is 0.333. The van der Waals surface area contributed by atoms with E-state index in [9.17, 15) is 9.59 Å². The van der Waals surface area contributed by atoms with Crippen LogP contribution in [0.3, 0.4) is 0 Å². The number of carbonyl (C=O) groups excluding carboxylic acids is 1. The number of hydrogen-bond donors (Lipinski definition) is 3. The summed E-state index contributed by atoms with van der Waals surface area (Å²) in [6.07, 6.45) is -1.04. The molecule has 1 aromatic carbocycles. The van der Waals surface area contributed by atoms with E-state index in [1.807, 2.05) is 24.3 Å².